The highest BCUT2D eigenvalue weighted by Crippen LogP contribution is 2.28. The number of hydrogen-bond donors (Lipinski definition) is 1. The number of thioether (sulfide) groups is 1. The Morgan fingerprint density at radius 2 is 1.73 bits per heavy atom. The first-order valence-electron chi connectivity index (χ1n) is 11.6. The van der Waals surface area contributed by atoms with Crippen LogP contribution in [0, 0.1) is 0 Å². The highest BCUT2D eigenvalue weighted by atomic mass is 35.5. The third-order valence-electron chi connectivity index (χ3n) is 6.05. The summed E-state index contributed by atoms with van der Waals surface area (Å²) in [6.07, 6.45) is 5.16. The molecule has 1 aliphatic rings. The maximum absolute atomic E-state index is 13.4. The maximum atomic E-state index is 13.4. The Morgan fingerprint density at radius 1 is 1.06 bits per heavy atom. The molecule has 0 bridgehead atoms. The van der Waals surface area contributed by atoms with E-state index in [9.17, 15) is 9.59 Å². The molecule has 1 fully saturated rings. The summed E-state index contributed by atoms with van der Waals surface area (Å²) in [5, 5.41) is 4.17. The Labute approximate surface area is 211 Å². The molecule has 0 spiro atoms. The van der Waals surface area contributed by atoms with E-state index < -0.39 is 6.04 Å². The van der Waals surface area contributed by atoms with Crippen molar-refractivity contribution in [3.63, 3.8) is 0 Å². The summed E-state index contributed by atoms with van der Waals surface area (Å²) < 4.78 is 0. The molecule has 2 aromatic rings. The van der Waals surface area contributed by atoms with Crippen LogP contribution in [0.4, 0.5) is 0 Å². The zero-order valence-electron chi connectivity index (χ0n) is 19.1. The minimum Gasteiger partial charge on any atom is -0.352 e. The largest absolute Gasteiger partial charge is 0.352 e. The molecule has 178 valence electrons. The van der Waals surface area contributed by atoms with Crippen LogP contribution in [0.5, 0.6) is 0 Å². The molecular weight excluding hydrogens is 475 g/mol. The average Bonchev–Trinajstić information content (AvgIpc) is 3.32. The second kappa shape index (κ2) is 13.3. The molecule has 1 unspecified atom stereocenters. The topological polar surface area (TPSA) is 49.4 Å². The first-order valence-corrected chi connectivity index (χ1v) is 13.5. The molecule has 7 heteroatoms. The summed E-state index contributed by atoms with van der Waals surface area (Å²) in [5.74, 6) is 1.39. The lowest BCUT2D eigenvalue weighted by Gasteiger charge is -2.32. The summed E-state index contributed by atoms with van der Waals surface area (Å²) in [6, 6.07) is 15.2. The predicted octanol–water partition coefficient (Wildman–Crippen LogP) is 6.48. The SMILES string of the molecule is CCC(C(=O)NC1CCCC1)N(Cc1c(Cl)cccc1Cl)C(=O)CCSCc1ccccc1. The van der Waals surface area contributed by atoms with E-state index in [-0.39, 0.29) is 24.4 Å². The number of amides is 2. The molecule has 4 nitrogen and oxygen atoms in total. The van der Waals surface area contributed by atoms with E-state index in [1.165, 1.54) is 5.56 Å². The number of nitrogens with zero attached hydrogens (tertiary/aromatic N) is 1. The maximum Gasteiger partial charge on any atom is 0.243 e. The number of benzene rings is 2. The fraction of sp³-hybridized carbons (Fsp3) is 0.462. The van der Waals surface area contributed by atoms with Crippen LogP contribution in [-0.4, -0.2) is 34.6 Å². The lowest BCUT2D eigenvalue weighted by atomic mass is 10.1. The van der Waals surface area contributed by atoms with Gasteiger partial charge in [0, 0.05) is 46.1 Å². The fourth-order valence-corrected chi connectivity index (χ4v) is 5.62. The van der Waals surface area contributed by atoms with Gasteiger partial charge < -0.3 is 10.2 Å². The average molecular weight is 508 g/mol. The van der Waals surface area contributed by atoms with Gasteiger partial charge in [-0.3, -0.25) is 9.59 Å². The molecule has 0 heterocycles. The summed E-state index contributed by atoms with van der Waals surface area (Å²) in [5.41, 5.74) is 1.91. The zero-order valence-corrected chi connectivity index (χ0v) is 21.4. The van der Waals surface area contributed by atoms with Crippen molar-refractivity contribution in [1.82, 2.24) is 10.2 Å². The van der Waals surface area contributed by atoms with Crippen LogP contribution in [0.3, 0.4) is 0 Å². The molecule has 33 heavy (non-hydrogen) atoms. The Kier molecular flexibility index (Phi) is 10.4. The van der Waals surface area contributed by atoms with E-state index in [1.54, 1.807) is 34.9 Å². The molecule has 0 radical (unpaired) electrons. The summed E-state index contributed by atoms with van der Waals surface area (Å²) in [7, 11) is 0. The summed E-state index contributed by atoms with van der Waals surface area (Å²) >= 11 is 14.5. The minimum atomic E-state index is -0.551. The smallest absolute Gasteiger partial charge is 0.243 e. The second-order valence-corrected chi connectivity index (χ2v) is 10.3. The molecule has 0 aliphatic heterocycles. The van der Waals surface area contributed by atoms with E-state index >= 15 is 0 Å². The third kappa shape index (κ3) is 7.66. The van der Waals surface area contributed by atoms with Gasteiger partial charge in [-0.05, 0) is 37.0 Å². The Morgan fingerprint density at radius 3 is 2.36 bits per heavy atom. The van der Waals surface area contributed by atoms with E-state index in [4.69, 9.17) is 23.2 Å². The van der Waals surface area contributed by atoms with E-state index in [2.05, 4.69) is 17.4 Å². The van der Waals surface area contributed by atoms with Crippen molar-refractivity contribution >= 4 is 46.8 Å². The first-order chi connectivity index (χ1) is 16.0. The fourth-order valence-electron chi connectivity index (χ4n) is 4.21. The van der Waals surface area contributed by atoms with Gasteiger partial charge in [-0.2, -0.15) is 11.8 Å². The molecule has 2 aromatic carbocycles. The number of halogens is 2. The van der Waals surface area contributed by atoms with Gasteiger partial charge in [0.05, 0.1) is 0 Å². The number of rotatable bonds is 11. The number of hydrogen-bond acceptors (Lipinski definition) is 3. The number of carbonyl (C=O) groups excluding carboxylic acids is 2. The van der Waals surface area contributed by atoms with Gasteiger partial charge in [-0.1, -0.05) is 79.4 Å². The highest BCUT2D eigenvalue weighted by molar-refractivity contribution is 7.98. The van der Waals surface area contributed by atoms with Gasteiger partial charge in [0.2, 0.25) is 11.8 Å². The van der Waals surface area contributed by atoms with Crippen LogP contribution in [0.2, 0.25) is 10.0 Å². The van der Waals surface area contributed by atoms with E-state index in [0.717, 1.165) is 31.4 Å². The standard InChI is InChI=1S/C26H32Cl2N2O2S/c1-2-24(26(32)29-20-11-6-7-12-20)30(17-21-22(27)13-8-14-23(21)28)25(31)15-16-33-18-19-9-4-3-5-10-19/h3-5,8-10,13-14,20,24H,2,6-7,11-12,15-18H2,1H3,(H,29,32). The van der Waals surface area contributed by atoms with Gasteiger partial charge in [-0.15, -0.1) is 0 Å². The van der Waals surface area contributed by atoms with Crippen LogP contribution in [0.25, 0.3) is 0 Å². The molecule has 3 rings (SSSR count). The van der Waals surface area contributed by atoms with Crippen molar-refractivity contribution < 1.29 is 9.59 Å². The van der Waals surface area contributed by atoms with Crippen LogP contribution < -0.4 is 5.32 Å². The van der Waals surface area contributed by atoms with Gasteiger partial charge in [0.15, 0.2) is 0 Å². The van der Waals surface area contributed by atoms with Gasteiger partial charge in [0.1, 0.15) is 6.04 Å². The number of nitrogens with one attached hydrogen (secondary N) is 1. The molecular formula is C26H32Cl2N2O2S. The third-order valence-corrected chi connectivity index (χ3v) is 7.79. The number of carbonyl (C=O) groups is 2. The molecule has 1 aliphatic carbocycles. The Balaban J connectivity index is 1.70. The highest BCUT2D eigenvalue weighted by Gasteiger charge is 2.31. The van der Waals surface area contributed by atoms with Crippen LogP contribution in [0.15, 0.2) is 48.5 Å². The van der Waals surface area contributed by atoms with Crippen LogP contribution >= 0.6 is 35.0 Å². The Hall–Kier alpha value is -1.69. The van der Waals surface area contributed by atoms with Crippen LogP contribution in [0.1, 0.15) is 56.6 Å². The van der Waals surface area contributed by atoms with Crippen molar-refractivity contribution in [1.29, 1.82) is 0 Å². The van der Waals surface area contributed by atoms with Crippen molar-refractivity contribution in [2.24, 2.45) is 0 Å². The summed E-state index contributed by atoms with van der Waals surface area (Å²) in [6.45, 7) is 2.16. The summed E-state index contributed by atoms with van der Waals surface area (Å²) in [4.78, 5) is 28.2. The van der Waals surface area contributed by atoms with Gasteiger partial charge in [0.25, 0.3) is 0 Å². The lowest BCUT2D eigenvalue weighted by molar-refractivity contribution is -0.141. The monoisotopic (exact) mass is 506 g/mol. The van der Waals surface area contributed by atoms with E-state index in [1.807, 2.05) is 25.1 Å². The van der Waals surface area contributed by atoms with Crippen LogP contribution in [-0.2, 0) is 21.9 Å². The zero-order chi connectivity index (χ0) is 23.6. The molecule has 1 saturated carbocycles. The lowest BCUT2D eigenvalue weighted by Crippen LogP contribution is -2.51. The molecule has 0 saturated heterocycles. The second-order valence-electron chi connectivity index (χ2n) is 8.42. The van der Waals surface area contributed by atoms with Gasteiger partial charge in [-0.25, -0.2) is 0 Å². The normalized spacial score (nSPS) is 14.8. The first kappa shape index (κ1) is 25.9. The predicted molar refractivity (Wildman–Crippen MR) is 139 cm³/mol. The minimum absolute atomic E-state index is 0.0556. The molecule has 1 atom stereocenters. The van der Waals surface area contributed by atoms with Crippen molar-refractivity contribution in [2.75, 3.05) is 5.75 Å². The molecule has 0 aromatic heterocycles. The molecule has 2 amide bonds. The van der Waals surface area contributed by atoms with Crippen molar-refractivity contribution in [3.05, 3.63) is 69.7 Å². The quantitative estimate of drug-likeness (QED) is 0.354. The van der Waals surface area contributed by atoms with E-state index in [0.29, 0.717) is 34.2 Å². The Bertz CT molecular complexity index is 900. The van der Waals surface area contributed by atoms with Crippen molar-refractivity contribution in [2.45, 2.75) is 69.8 Å². The van der Waals surface area contributed by atoms with Crippen molar-refractivity contribution in [3.8, 4) is 0 Å². The molecule has 1 N–H and O–H groups in total. The van der Waals surface area contributed by atoms with Gasteiger partial charge >= 0.3 is 0 Å².